The van der Waals surface area contributed by atoms with Gasteiger partial charge in [-0.05, 0) is 37.8 Å². The van der Waals surface area contributed by atoms with E-state index in [1.54, 1.807) is 23.9 Å². The normalized spacial score (nSPS) is 11.5. The molecule has 1 rings (SSSR count). The second kappa shape index (κ2) is 7.45. The number of rotatable bonds is 4. The molecule has 1 amide bonds. The first kappa shape index (κ1) is 16.1. The molecule has 0 fully saturated rings. The molecule has 1 aromatic carbocycles. The van der Waals surface area contributed by atoms with Gasteiger partial charge >= 0.3 is 0 Å². The number of carbonyl (C=O) groups is 1. The van der Waals surface area contributed by atoms with E-state index in [1.165, 1.54) is 0 Å². The number of amides is 1. The smallest absolute Gasteiger partial charge is 0.251 e. The van der Waals surface area contributed by atoms with E-state index in [9.17, 15) is 4.79 Å². The van der Waals surface area contributed by atoms with Crippen molar-refractivity contribution in [2.75, 3.05) is 17.7 Å². The van der Waals surface area contributed by atoms with Gasteiger partial charge in [-0.15, -0.1) is 12.4 Å². The van der Waals surface area contributed by atoms with Crippen molar-refractivity contribution < 1.29 is 4.79 Å². The van der Waals surface area contributed by atoms with E-state index in [2.05, 4.69) is 5.32 Å². The SMILES string of the molecule is CSCC(C)NC(=O)c1cc(N)ccc1C.Cl. The fourth-order valence-electron chi connectivity index (χ4n) is 1.48. The van der Waals surface area contributed by atoms with Gasteiger partial charge in [-0.1, -0.05) is 6.07 Å². The van der Waals surface area contributed by atoms with Crippen molar-refractivity contribution >= 4 is 35.8 Å². The number of nitrogens with one attached hydrogen (secondary N) is 1. The predicted molar refractivity (Wildman–Crippen MR) is 78.1 cm³/mol. The molecular formula is C12H19ClN2OS. The van der Waals surface area contributed by atoms with E-state index >= 15 is 0 Å². The van der Waals surface area contributed by atoms with Gasteiger partial charge in [0, 0.05) is 23.0 Å². The molecule has 17 heavy (non-hydrogen) atoms. The van der Waals surface area contributed by atoms with Gasteiger partial charge < -0.3 is 11.1 Å². The lowest BCUT2D eigenvalue weighted by atomic mass is 10.1. The summed E-state index contributed by atoms with van der Waals surface area (Å²) in [5, 5.41) is 2.95. The quantitative estimate of drug-likeness (QED) is 0.830. The Kier molecular flexibility index (Phi) is 7.07. The van der Waals surface area contributed by atoms with E-state index in [-0.39, 0.29) is 24.4 Å². The lowest BCUT2D eigenvalue weighted by Crippen LogP contribution is -2.34. The zero-order valence-corrected chi connectivity index (χ0v) is 12.0. The first-order valence-corrected chi connectivity index (χ1v) is 6.60. The first-order valence-electron chi connectivity index (χ1n) is 5.20. The van der Waals surface area contributed by atoms with Crippen molar-refractivity contribution in [1.29, 1.82) is 0 Å². The van der Waals surface area contributed by atoms with Crippen molar-refractivity contribution in [3.8, 4) is 0 Å². The molecule has 1 unspecified atom stereocenters. The van der Waals surface area contributed by atoms with Gasteiger partial charge in [-0.2, -0.15) is 11.8 Å². The van der Waals surface area contributed by atoms with Crippen LogP contribution in [-0.4, -0.2) is 24.0 Å². The summed E-state index contributed by atoms with van der Waals surface area (Å²) in [5.41, 5.74) is 7.90. The predicted octanol–water partition coefficient (Wildman–Crippen LogP) is 2.48. The number of nitrogens with two attached hydrogens (primary N) is 1. The second-order valence-corrected chi connectivity index (χ2v) is 4.81. The van der Waals surface area contributed by atoms with E-state index in [4.69, 9.17) is 5.73 Å². The number of hydrogen-bond acceptors (Lipinski definition) is 3. The maximum atomic E-state index is 11.9. The minimum absolute atomic E-state index is 0. The average molecular weight is 275 g/mol. The van der Waals surface area contributed by atoms with Crippen LogP contribution < -0.4 is 11.1 Å². The van der Waals surface area contributed by atoms with Crippen LogP contribution in [0.4, 0.5) is 5.69 Å². The van der Waals surface area contributed by atoms with Crippen molar-refractivity contribution in [3.05, 3.63) is 29.3 Å². The summed E-state index contributed by atoms with van der Waals surface area (Å²) in [7, 11) is 0. The van der Waals surface area contributed by atoms with E-state index in [1.807, 2.05) is 26.2 Å². The molecule has 0 saturated carbocycles. The summed E-state index contributed by atoms with van der Waals surface area (Å²) >= 11 is 1.71. The largest absolute Gasteiger partial charge is 0.399 e. The fraction of sp³-hybridized carbons (Fsp3) is 0.417. The van der Waals surface area contributed by atoms with Crippen molar-refractivity contribution in [2.45, 2.75) is 19.9 Å². The third-order valence-corrected chi connectivity index (χ3v) is 3.13. The Morgan fingerprint density at radius 2 is 2.18 bits per heavy atom. The van der Waals surface area contributed by atoms with Gasteiger partial charge in [0.2, 0.25) is 0 Å². The first-order chi connectivity index (χ1) is 7.54. The third kappa shape index (κ3) is 4.88. The molecular weight excluding hydrogens is 256 g/mol. The molecule has 1 aromatic rings. The highest BCUT2D eigenvalue weighted by atomic mass is 35.5. The van der Waals surface area contributed by atoms with Gasteiger partial charge in [-0.3, -0.25) is 4.79 Å². The summed E-state index contributed by atoms with van der Waals surface area (Å²) in [6.07, 6.45) is 2.02. The number of anilines is 1. The minimum atomic E-state index is -0.0497. The molecule has 0 aromatic heterocycles. The molecule has 3 N–H and O–H groups in total. The van der Waals surface area contributed by atoms with Gasteiger partial charge in [0.05, 0.1) is 0 Å². The number of aryl methyl sites for hydroxylation is 1. The zero-order valence-electron chi connectivity index (χ0n) is 10.3. The highest BCUT2D eigenvalue weighted by Gasteiger charge is 2.11. The van der Waals surface area contributed by atoms with Crippen LogP contribution >= 0.6 is 24.2 Å². The average Bonchev–Trinajstić information content (AvgIpc) is 2.21. The Hall–Kier alpha value is -0.870. The van der Waals surface area contributed by atoms with Crippen molar-refractivity contribution in [2.24, 2.45) is 0 Å². The van der Waals surface area contributed by atoms with E-state index < -0.39 is 0 Å². The molecule has 96 valence electrons. The van der Waals surface area contributed by atoms with E-state index in [0.717, 1.165) is 11.3 Å². The number of thioether (sulfide) groups is 1. The lowest BCUT2D eigenvalue weighted by molar-refractivity contribution is 0.0943. The molecule has 0 radical (unpaired) electrons. The molecule has 0 aliphatic rings. The van der Waals surface area contributed by atoms with Crippen molar-refractivity contribution in [3.63, 3.8) is 0 Å². The van der Waals surface area contributed by atoms with Crippen LogP contribution in [0.5, 0.6) is 0 Å². The third-order valence-electron chi connectivity index (χ3n) is 2.30. The summed E-state index contributed by atoms with van der Waals surface area (Å²) < 4.78 is 0. The maximum Gasteiger partial charge on any atom is 0.251 e. The van der Waals surface area contributed by atoms with E-state index in [0.29, 0.717) is 11.3 Å². The highest BCUT2D eigenvalue weighted by molar-refractivity contribution is 7.98. The second-order valence-electron chi connectivity index (χ2n) is 3.90. The molecule has 0 bridgehead atoms. The Morgan fingerprint density at radius 1 is 1.53 bits per heavy atom. The Bertz CT molecular complexity index is 385. The summed E-state index contributed by atoms with van der Waals surface area (Å²) in [6.45, 7) is 3.91. The number of carbonyl (C=O) groups excluding carboxylic acids is 1. The highest BCUT2D eigenvalue weighted by Crippen LogP contribution is 2.12. The molecule has 0 aliphatic heterocycles. The fourth-order valence-corrected chi connectivity index (χ4v) is 2.06. The van der Waals surface area contributed by atoms with Crippen LogP contribution in [0.1, 0.15) is 22.8 Å². The van der Waals surface area contributed by atoms with Gasteiger partial charge in [0.1, 0.15) is 0 Å². The maximum absolute atomic E-state index is 11.9. The molecule has 0 aliphatic carbocycles. The lowest BCUT2D eigenvalue weighted by Gasteiger charge is -2.14. The van der Waals surface area contributed by atoms with Gasteiger partial charge in [0.25, 0.3) is 5.91 Å². The Morgan fingerprint density at radius 3 is 2.76 bits per heavy atom. The van der Waals surface area contributed by atoms with Crippen LogP contribution in [0.25, 0.3) is 0 Å². The van der Waals surface area contributed by atoms with Crippen LogP contribution in [-0.2, 0) is 0 Å². The summed E-state index contributed by atoms with van der Waals surface area (Å²) in [6, 6.07) is 5.56. The topological polar surface area (TPSA) is 55.1 Å². The molecule has 1 atom stereocenters. The number of benzene rings is 1. The van der Waals surface area contributed by atoms with Gasteiger partial charge in [0.15, 0.2) is 0 Å². The summed E-state index contributed by atoms with van der Waals surface area (Å²) in [5.74, 6) is 0.860. The molecule has 0 saturated heterocycles. The number of nitrogen functional groups attached to an aromatic ring is 1. The van der Waals surface area contributed by atoms with Crippen LogP contribution in [0, 0.1) is 6.92 Å². The van der Waals surface area contributed by atoms with Crippen LogP contribution in [0.2, 0.25) is 0 Å². The van der Waals surface area contributed by atoms with Gasteiger partial charge in [-0.25, -0.2) is 0 Å². The number of hydrogen-bond donors (Lipinski definition) is 2. The minimum Gasteiger partial charge on any atom is -0.399 e. The molecule has 3 nitrogen and oxygen atoms in total. The standard InChI is InChI=1S/C12H18N2OS.ClH/c1-8-4-5-10(13)6-11(8)12(15)14-9(2)7-16-3;/h4-6,9H,7,13H2,1-3H3,(H,14,15);1H. The number of halogens is 1. The molecule has 0 spiro atoms. The Balaban J connectivity index is 0.00000256. The summed E-state index contributed by atoms with van der Waals surface area (Å²) in [4.78, 5) is 11.9. The molecule has 0 heterocycles. The Labute approximate surface area is 113 Å². The van der Waals surface area contributed by atoms with Crippen LogP contribution in [0.15, 0.2) is 18.2 Å². The van der Waals surface area contributed by atoms with Crippen molar-refractivity contribution in [1.82, 2.24) is 5.32 Å². The van der Waals surface area contributed by atoms with Crippen LogP contribution in [0.3, 0.4) is 0 Å². The molecule has 5 heteroatoms. The zero-order chi connectivity index (χ0) is 12.1. The monoisotopic (exact) mass is 274 g/mol.